The predicted molar refractivity (Wildman–Crippen MR) is 101 cm³/mol. The van der Waals surface area contributed by atoms with E-state index in [0.717, 1.165) is 17.7 Å². The van der Waals surface area contributed by atoms with Gasteiger partial charge in [0, 0.05) is 30.2 Å². The average Bonchev–Trinajstić information content (AvgIpc) is 3.01. The molecule has 0 saturated carbocycles. The Morgan fingerprint density at radius 1 is 1.27 bits per heavy atom. The molecule has 0 spiro atoms. The number of likely N-dealkylation sites (tertiary alicyclic amines) is 1. The summed E-state index contributed by atoms with van der Waals surface area (Å²) in [5.74, 6) is 0.346. The number of benzene rings is 2. The SMILES string of the molecule is COc1ccc(CCN2CC(C(=O)Nc3cccc(Cl)c3)CC2=O)cc1. The molecule has 0 aliphatic carbocycles. The van der Waals surface area contributed by atoms with E-state index in [-0.39, 0.29) is 24.2 Å². The molecule has 1 aliphatic rings. The smallest absolute Gasteiger partial charge is 0.229 e. The van der Waals surface area contributed by atoms with Crippen molar-refractivity contribution in [1.82, 2.24) is 4.90 Å². The maximum absolute atomic E-state index is 12.4. The van der Waals surface area contributed by atoms with Gasteiger partial charge in [-0.1, -0.05) is 29.8 Å². The highest BCUT2D eigenvalue weighted by atomic mass is 35.5. The number of amides is 2. The molecule has 1 saturated heterocycles. The zero-order valence-corrected chi connectivity index (χ0v) is 15.3. The summed E-state index contributed by atoms with van der Waals surface area (Å²) in [6.07, 6.45) is 0.993. The standard InChI is InChI=1S/C20H21ClN2O3/c1-26-18-7-5-14(6-8-18)9-10-23-13-15(11-19(23)24)20(25)22-17-4-2-3-16(21)12-17/h2-8,12,15H,9-11,13H2,1H3,(H,22,25). The maximum Gasteiger partial charge on any atom is 0.229 e. The van der Waals surface area contributed by atoms with Gasteiger partial charge in [0.1, 0.15) is 5.75 Å². The Hall–Kier alpha value is -2.53. The molecule has 2 aromatic carbocycles. The fourth-order valence-electron chi connectivity index (χ4n) is 3.03. The highest BCUT2D eigenvalue weighted by molar-refractivity contribution is 6.30. The summed E-state index contributed by atoms with van der Waals surface area (Å²) < 4.78 is 5.14. The lowest BCUT2D eigenvalue weighted by atomic mass is 10.1. The number of nitrogens with one attached hydrogen (secondary N) is 1. The Bertz CT molecular complexity index is 792. The van der Waals surface area contributed by atoms with Crippen LogP contribution in [0.4, 0.5) is 5.69 Å². The Morgan fingerprint density at radius 3 is 2.73 bits per heavy atom. The lowest BCUT2D eigenvalue weighted by Crippen LogP contribution is -2.30. The Balaban J connectivity index is 1.53. The third-order valence-electron chi connectivity index (χ3n) is 4.51. The van der Waals surface area contributed by atoms with Crippen molar-refractivity contribution in [3.8, 4) is 5.75 Å². The quantitative estimate of drug-likeness (QED) is 0.845. The monoisotopic (exact) mass is 372 g/mol. The van der Waals surface area contributed by atoms with Gasteiger partial charge >= 0.3 is 0 Å². The summed E-state index contributed by atoms with van der Waals surface area (Å²) >= 11 is 5.93. The van der Waals surface area contributed by atoms with Crippen molar-refractivity contribution >= 4 is 29.1 Å². The van der Waals surface area contributed by atoms with Crippen LogP contribution >= 0.6 is 11.6 Å². The van der Waals surface area contributed by atoms with E-state index < -0.39 is 0 Å². The molecular weight excluding hydrogens is 352 g/mol. The molecule has 6 heteroatoms. The van der Waals surface area contributed by atoms with E-state index in [2.05, 4.69) is 5.32 Å². The van der Waals surface area contributed by atoms with E-state index in [1.807, 2.05) is 24.3 Å². The van der Waals surface area contributed by atoms with Crippen molar-refractivity contribution in [3.63, 3.8) is 0 Å². The molecular formula is C20H21ClN2O3. The van der Waals surface area contributed by atoms with Crippen LogP contribution in [-0.4, -0.2) is 36.9 Å². The zero-order chi connectivity index (χ0) is 18.5. The van der Waals surface area contributed by atoms with E-state index >= 15 is 0 Å². The van der Waals surface area contributed by atoms with Gasteiger partial charge < -0.3 is 15.0 Å². The minimum atomic E-state index is -0.336. The Morgan fingerprint density at radius 2 is 2.04 bits per heavy atom. The molecule has 0 aromatic heterocycles. The lowest BCUT2D eigenvalue weighted by Gasteiger charge is -2.16. The number of hydrogen-bond acceptors (Lipinski definition) is 3. The highest BCUT2D eigenvalue weighted by Gasteiger charge is 2.34. The molecule has 1 heterocycles. The normalized spacial score (nSPS) is 16.6. The molecule has 2 amide bonds. The van der Waals surface area contributed by atoms with E-state index in [1.165, 1.54) is 0 Å². The number of ether oxygens (including phenoxy) is 1. The summed E-state index contributed by atoms with van der Waals surface area (Å²) in [5.41, 5.74) is 1.78. The summed E-state index contributed by atoms with van der Waals surface area (Å²) in [6.45, 7) is 1.05. The number of anilines is 1. The van der Waals surface area contributed by atoms with E-state index in [1.54, 1.807) is 36.3 Å². The first-order chi connectivity index (χ1) is 12.5. The van der Waals surface area contributed by atoms with Crippen LogP contribution < -0.4 is 10.1 Å². The van der Waals surface area contributed by atoms with Crippen LogP contribution in [0.2, 0.25) is 5.02 Å². The second-order valence-electron chi connectivity index (χ2n) is 6.34. The first kappa shape index (κ1) is 18.3. The second kappa shape index (κ2) is 8.23. The van der Waals surface area contributed by atoms with Crippen LogP contribution in [0.3, 0.4) is 0 Å². The van der Waals surface area contributed by atoms with Crippen LogP contribution in [0.25, 0.3) is 0 Å². The van der Waals surface area contributed by atoms with Gasteiger partial charge in [-0.2, -0.15) is 0 Å². The third kappa shape index (κ3) is 4.55. The van der Waals surface area contributed by atoms with Crippen LogP contribution in [0.1, 0.15) is 12.0 Å². The summed E-state index contributed by atoms with van der Waals surface area (Å²) in [7, 11) is 1.63. The predicted octanol–water partition coefficient (Wildman–Crippen LogP) is 3.38. The molecule has 2 aromatic rings. The molecule has 1 fully saturated rings. The first-order valence-electron chi connectivity index (χ1n) is 8.52. The molecule has 0 radical (unpaired) electrons. The second-order valence-corrected chi connectivity index (χ2v) is 6.77. The van der Waals surface area contributed by atoms with Crippen molar-refractivity contribution in [2.75, 3.05) is 25.5 Å². The molecule has 3 rings (SSSR count). The molecule has 1 atom stereocenters. The topological polar surface area (TPSA) is 58.6 Å². The van der Waals surface area contributed by atoms with Gasteiger partial charge in [0.15, 0.2) is 0 Å². The first-order valence-corrected chi connectivity index (χ1v) is 8.90. The van der Waals surface area contributed by atoms with Crippen LogP contribution in [0, 0.1) is 5.92 Å². The summed E-state index contributed by atoms with van der Waals surface area (Å²) in [5, 5.41) is 3.40. The van der Waals surface area contributed by atoms with Gasteiger partial charge in [-0.15, -0.1) is 0 Å². The Labute approximate surface area is 157 Å². The zero-order valence-electron chi connectivity index (χ0n) is 14.6. The molecule has 136 valence electrons. The molecule has 1 aliphatic heterocycles. The van der Waals surface area contributed by atoms with Crippen molar-refractivity contribution in [2.24, 2.45) is 5.92 Å². The molecule has 1 N–H and O–H groups in total. The summed E-state index contributed by atoms with van der Waals surface area (Å²) in [6, 6.07) is 14.8. The fourth-order valence-corrected chi connectivity index (χ4v) is 3.22. The number of hydrogen-bond donors (Lipinski definition) is 1. The molecule has 26 heavy (non-hydrogen) atoms. The van der Waals surface area contributed by atoms with Crippen molar-refractivity contribution in [3.05, 3.63) is 59.1 Å². The van der Waals surface area contributed by atoms with Gasteiger partial charge in [0.25, 0.3) is 0 Å². The number of methoxy groups -OCH3 is 1. The van der Waals surface area contributed by atoms with E-state index in [4.69, 9.17) is 16.3 Å². The fraction of sp³-hybridized carbons (Fsp3) is 0.300. The largest absolute Gasteiger partial charge is 0.497 e. The number of rotatable bonds is 6. The average molecular weight is 373 g/mol. The third-order valence-corrected chi connectivity index (χ3v) is 4.74. The van der Waals surface area contributed by atoms with Crippen molar-refractivity contribution in [2.45, 2.75) is 12.8 Å². The van der Waals surface area contributed by atoms with Gasteiger partial charge in [-0.25, -0.2) is 0 Å². The molecule has 5 nitrogen and oxygen atoms in total. The summed E-state index contributed by atoms with van der Waals surface area (Å²) in [4.78, 5) is 26.4. The number of halogens is 1. The van der Waals surface area contributed by atoms with Gasteiger partial charge in [-0.3, -0.25) is 9.59 Å². The van der Waals surface area contributed by atoms with Crippen LogP contribution in [0.5, 0.6) is 5.75 Å². The van der Waals surface area contributed by atoms with Gasteiger partial charge in [0.05, 0.1) is 13.0 Å². The van der Waals surface area contributed by atoms with Crippen LogP contribution in [0.15, 0.2) is 48.5 Å². The Kier molecular flexibility index (Phi) is 5.78. The molecule has 0 bridgehead atoms. The van der Waals surface area contributed by atoms with E-state index in [0.29, 0.717) is 23.8 Å². The van der Waals surface area contributed by atoms with Crippen molar-refractivity contribution < 1.29 is 14.3 Å². The lowest BCUT2D eigenvalue weighted by molar-refractivity contribution is -0.128. The minimum Gasteiger partial charge on any atom is -0.497 e. The number of nitrogens with zero attached hydrogens (tertiary/aromatic N) is 1. The van der Waals surface area contributed by atoms with Crippen molar-refractivity contribution in [1.29, 1.82) is 0 Å². The number of carbonyl (C=O) groups excluding carboxylic acids is 2. The minimum absolute atomic E-state index is 0.0183. The van der Waals surface area contributed by atoms with E-state index in [9.17, 15) is 9.59 Å². The van der Waals surface area contributed by atoms with Crippen LogP contribution in [-0.2, 0) is 16.0 Å². The maximum atomic E-state index is 12.4. The highest BCUT2D eigenvalue weighted by Crippen LogP contribution is 2.22. The van der Waals surface area contributed by atoms with Gasteiger partial charge in [0.2, 0.25) is 11.8 Å². The number of carbonyl (C=O) groups is 2. The molecule has 1 unspecified atom stereocenters. The van der Waals surface area contributed by atoms with Gasteiger partial charge in [-0.05, 0) is 42.3 Å².